The maximum Gasteiger partial charge on any atom is 0.189 e. The molecule has 0 bridgehead atoms. The van der Waals surface area contributed by atoms with E-state index in [1.807, 2.05) is 6.26 Å². The average Bonchev–Trinajstić information content (AvgIpc) is 3.05. The zero-order valence-electron chi connectivity index (χ0n) is 16.7. The highest BCUT2D eigenvalue weighted by Gasteiger charge is 2.31. The summed E-state index contributed by atoms with van der Waals surface area (Å²) >= 11 is 3.31. The molecule has 148 valence electrons. The normalized spacial score (nSPS) is 19.4. The number of anilines is 1. The molecule has 1 fully saturated rings. The van der Waals surface area contributed by atoms with E-state index in [9.17, 15) is 0 Å². The number of morpholine rings is 1. The van der Waals surface area contributed by atoms with E-state index in [1.54, 1.807) is 23.1 Å². The summed E-state index contributed by atoms with van der Waals surface area (Å²) in [6.07, 6.45) is 2.91. The number of hydrogen-bond donors (Lipinski definition) is 0. The molecule has 28 heavy (non-hydrogen) atoms. The standard InChI is InChI=1S/C20H24N4O2S2/c1-11-13-10-26-20(2,3)9-12(13)14-15-16(28-18(14)21-11)17(23-19(22-15)27-4)24-5-7-25-8-6-24/h5-10H2,1-4H3. The third-order valence-corrected chi connectivity index (χ3v) is 7.17. The Balaban J connectivity index is 1.82. The van der Waals surface area contributed by atoms with Crippen LogP contribution in [0.2, 0.25) is 0 Å². The van der Waals surface area contributed by atoms with Crippen molar-refractivity contribution in [3.8, 4) is 0 Å². The van der Waals surface area contributed by atoms with Crippen molar-refractivity contribution in [2.45, 2.75) is 44.6 Å². The van der Waals surface area contributed by atoms with E-state index in [1.165, 1.54) is 16.5 Å². The topological polar surface area (TPSA) is 60.4 Å². The summed E-state index contributed by atoms with van der Waals surface area (Å²) in [5, 5.41) is 2.01. The van der Waals surface area contributed by atoms with Crippen molar-refractivity contribution in [3.05, 3.63) is 16.8 Å². The maximum atomic E-state index is 6.08. The van der Waals surface area contributed by atoms with Crippen molar-refractivity contribution < 1.29 is 9.47 Å². The van der Waals surface area contributed by atoms with Gasteiger partial charge in [0, 0.05) is 36.2 Å². The van der Waals surface area contributed by atoms with Gasteiger partial charge in [-0.2, -0.15) is 0 Å². The van der Waals surface area contributed by atoms with Gasteiger partial charge in [-0.25, -0.2) is 15.0 Å². The van der Waals surface area contributed by atoms with E-state index in [2.05, 4.69) is 25.7 Å². The quantitative estimate of drug-likeness (QED) is 0.463. The number of hydrogen-bond acceptors (Lipinski definition) is 8. The van der Waals surface area contributed by atoms with E-state index < -0.39 is 0 Å². The van der Waals surface area contributed by atoms with Crippen molar-refractivity contribution in [1.82, 2.24) is 15.0 Å². The number of thioether (sulfide) groups is 1. The molecule has 0 aliphatic carbocycles. The molecule has 3 aromatic heterocycles. The Morgan fingerprint density at radius 2 is 1.89 bits per heavy atom. The van der Waals surface area contributed by atoms with Crippen LogP contribution in [0.15, 0.2) is 5.16 Å². The van der Waals surface area contributed by atoms with Gasteiger partial charge in [-0.3, -0.25) is 0 Å². The summed E-state index contributed by atoms with van der Waals surface area (Å²) in [7, 11) is 0. The minimum Gasteiger partial charge on any atom is -0.378 e. The first-order valence-electron chi connectivity index (χ1n) is 9.60. The molecule has 5 rings (SSSR count). The summed E-state index contributed by atoms with van der Waals surface area (Å²) in [5.74, 6) is 1.03. The molecule has 0 atom stereocenters. The van der Waals surface area contributed by atoms with Gasteiger partial charge in [0.2, 0.25) is 0 Å². The van der Waals surface area contributed by atoms with Crippen LogP contribution in [0.3, 0.4) is 0 Å². The molecular formula is C20H24N4O2S2. The van der Waals surface area contributed by atoms with Crippen molar-refractivity contribution in [2.75, 3.05) is 37.5 Å². The van der Waals surface area contributed by atoms with E-state index in [0.29, 0.717) is 6.61 Å². The molecule has 5 heterocycles. The largest absolute Gasteiger partial charge is 0.378 e. The van der Waals surface area contributed by atoms with Gasteiger partial charge in [0.1, 0.15) is 4.83 Å². The summed E-state index contributed by atoms with van der Waals surface area (Å²) in [6, 6.07) is 0. The molecular weight excluding hydrogens is 392 g/mol. The lowest BCUT2D eigenvalue weighted by atomic mass is 9.89. The summed E-state index contributed by atoms with van der Waals surface area (Å²) < 4.78 is 12.8. The maximum absolute atomic E-state index is 6.08. The van der Waals surface area contributed by atoms with Crippen LogP contribution in [-0.4, -0.2) is 53.1 Å². The summed E-state index contributed by atoms with van der Waals surface area (Å²) in [4.78, 5) is 18.2. The highest BCUT2D eigenvalue weighted by atomic mass is 32.2. The predicted molar refractivity (Wildman–Crippen MR) is 115 cm³/mol. The fourth-order valence-electron chi connectivity index (χ4n) is 4.08. The smallest absolute Gasteiger partial charge is 0.189 e. The number of fused-ring (bicyclic) bond motifs is 5. The van der Waals surface area contributed by atoms with Gasteiger partial charge in [-0.15, -0.1) is 11.3 Å². The van der Waals surface area contributed by atoms with Crippen LogP contribution in [0, 0.1) is 6.92 Å². The monoisotopic (exact) mass is 416 g/mol. The fourth-order valence-corrected chi connectivity index (χ4v) is 5.65. The molecule has 3 aromatic rings. The Morgan fingerprint density at radius 1 is 1.11 bits per heavy atom. The number of aromatic nitrogens is 3. The van der Waals surface area contributed by atoms with Crippen LogP contribution < -0.4 is 4.90 Å². The SMILES string of the molecule is CSc1nc(N2CCOCC2)c2sc3nc(C)c4c(c3c2n1)CC(C)(C)OC4. The number of aryl methyl sites for hydroxylation is 1. The molecule has 6 nitrogen and oxygen atoms in total. The predicted octanol–water partition coefficient (Wildman–Crippen LogP) is 3.96. The third-order valence-electron chi connectivity index (χ3n) is 5.55. The Labute approximate surface area is 172 Å². The third kappa shape index (κ3) is 2.98. The first-order chi connectivity index (χ1) is 13.5. The van der Waals surface area contributed by atoms with Gasteiger partial charge in [0.25, 0.3) is 0 Å². The lowest BCUT2D eigenvalue weighted by Gasteiger charge is -2.32. The second-order valence-electron chi connectivity index (χ2n) is 7.97. The van der Waals surface area contributed by atoms with Gasteiger partial charge < -0.3 is 14.4 Å². The van der Waals surface area contributed by atoms with Crippen LogP contribution in [0.25, 0.3) is 20.4 Å². The van der Waals surface area contributed by atoms with Gasteiger partial charge >= 0.3 is 0 Å². The Kier molecular flexibility index (Phi) is 4.50. The van der Waals surface area contributed by atoms with Crippen LogP contribution in [-0.2, 0) is 22.5 Å². The molecule has 0 saturated carbocycles. The zero-order valence-corrected chi connectivity index (χ0v) is 18.3. The summed E-state index contributed by atoms with van der Waals surface area (Å²) in [5.41, 5.74) is 4.51. The highest BCUT2D eigenvalue weighted by Crippen LogP contribution is 2.43. The van der Waals surface area contributed by atoms with E-state index >= 15 is 0 Å². The minimum absolute atomic E-state index is 0.176. The Hall–Kier alpha value is -1.48. The van der Waals surface area contributed by atoms with Crippen molar-refractivity contribution in [1.29, 1.82) is 0 Å². The molecule has 0 amide bonds. The zero-order chi connectivity index (χ0) is 19.5. The molecule has 1 saturated heterocycles. The molecule has 0 radical (unpaired) electrons. The van der Waals surface area contributed by atoms with Gasteiger partial charge in [-0.05, 0) is 32.6 Å². The highest BCUT2D eigenvalue weighted by molar-refractivity contribution is 7.98. The Morgan fingerprint density at radius 3 is 2.64 bits per heavy atom. The van der Waals surface area contributed by atoms with Crippen molar-refractivity contribution in [3.63, 3.8) is 0 Å². The number of rotatable bonds is 2. The van der Waals surface area contributed by atoms with Crippen molar-refractivity contribution in [2.24, 2.45) is 0 Å². The molecule has 0 N–H and O–H groups in total. The molecule has 8 heteroatoms. The second kappa shape index (κ2) is 6.79. The first-order valence-corrected chi connectivity index (χ1v) is 11.6. The van der Waals surface area contributed by atoms with Crippen LogP contribution >= 0.6 is 23.1 Å². The number of thiophene rings is 1. The lowest BCUT2D eigenvalue weighted by molar-refractivity contribution is -0.0400. The average molecular weight is 417 g/mol. The second-order valence-corrected chi connectivity index (χ2v) is 9.75. The number of nitrogens with zero attached hydrogens (tertiary/aromatic N) is 4. The Bertz CT molecular complexity index is 1070. The van der Waals surface area contributed by atoms with Crippen LogP contribution in [0.5, 0.6) is 0 Å². The number of ether oxygens (including phenoxy) is 2. The van der Waals surface area contributed by atoms with Gasteiger partial charge in [-0.1, -0.05) is 11.8 Å². The minimum atomic E-state index is -0.176. The molecule has 2 aliphatic rings. The summed E-state index contributed by atoms with van der Waals surface area (Å²) in [6.45, 7) is 10.2. The van der Waals surface area contributed by atoms with Crippen LogP contribution in [0.1, 0.15) is 30.7 Å². The van der Waals surface area contributed by atoms with Crippen molar-refractivity contribution >= 4 is 49.3 Å². The molecule has 0 aromatic carbocycles. The number of pyridine rings is 1. The van der Waals surface area contributed by atoms with E-state index in [4.69, 9.17) is 24.4 Å². The van der Waals surface area contributed by atoms with E-state index in [0.717, 1.165) is 64.4 Å². The molecule has 0 spiro atoms. The van der Waals surface area contributed by atoms with Gasteiger partial charge in [0.15, 0.2) is 11.0 Å². The molecule has 0 unspecified atom stereocenters. The van der Waals surface area contributed by atoms with E-state index in [-0.39, 0.29) is 5.60 Å². The molecule has 2 aliphatic heterocycles. The van der Waals surface area contributed by atoms with Crippen LogP contribution in [0.4, 0.5) is 5.82 Å². The lowest BCUT2D eigenvalue weighted by Crippen LogP contribution is -2.36. The van der Waals surface area contributed by atoms with Gasteiger partial charge in [0.05, 0.1) is 35.6 Å². The fraction of sp³-hybridized carbons (Fsp3) is 0.550. The first kappa shape index (κ1) is 18.5.